The van der Waals surface area contributed by atoms with Crippen molar-refractivity contribution in [1.29, 1.82) is 0 Å². The van der Waals surface area contributed by atoms with Crippen LogP contribution < -0.4 is 0 Å². The molecule has 1 aliphatic rings. The summed E-state index contributed by atoms with van der Waals surface area (Å²) in [6, 6.07) is 7.57. The van der Waals surface area contributed by atoms with E-state index in [1.165, 1.54) is 0 Å². The summed E-state index contributed by atoms with van der Waals surface area (Å²) in [5.41, 5.74) is 0.630. The Hall–Kier alpha value is -2.09. The highest BCUT2D eigenvalue weighted by Crippen LogP contribution is 2.26. The van der Waals surface area contributed by atoms with E-state index in [0.29, 0.717) is 5.56 Å². The second kappa shape index (κ2) is 6.35. The molecule has 1 aromatic carbocycles. The van der Waals surface area contributed by atoms with Gasteiger partial charge >= 0.3 is 12.1 Å². The van der Waals surface area contributed by atoms with Gasteiger partial charge in [0.1, 0.15) is 6.04 Å². The molecule has 0 aromatic heterocycles. The molecule has 22 heavy (non-hydrogen) atoms. The Kier molecular flexibility index (Phi) is 4.70. The lowest BCUT2D eigenvalue weighted by atomic mass is 10.2. The minimum absolute atomic E-state index is 0.0753. The number of amides is 1. The van der Waals surface area contributed by atoms with Crippen molar-refractivity contribution in [1.82, 2.24) is 4.90 Å². The normalized spacial score (nSPS) is 21.6. The molecule has 2 unspecified atom stereocenters. The van der Waals surface area contributed by atoms with Crippen molar-refractivity contribution >= 4 is 21.9 Å². The molecule has 1 aliphatic heterocycles. The van der Waals surface area contributed by atoms with E-state index in [1.807, 2.05) is 0 Å². The van der Waals surface area contributed by atoms with E-state index in [0.717, 1.165) is 12.0 Å². The van der Waals surface area contributed by atoms with Gasteiger partial charge in [-0.15, -0.1) is 0 Å². The summed E-state index contributed by atoms with van der Waals surface area (Å²) >= 11 is 0. The highest BCUT2D eigenvalue weighted by Gasteiger charge is 2.45. The van der Waals surface area contributed by atoms with E-state index in [1.54, 1.807) is 30.3 Å². The van der Waals surface area contributed by atoms with E-state index in [-0.39, 0.29) is 18.7 Å². The second-order valence-electron chi connectivity index (χ2n) is 5.12. The molecular weight excluding hydrogens is 310 g/mol. The van der Waals surface area contributed by atoms with Gasteiger partial charge in [0.15, 0.2) is 9.84 Å². The van der Waals surface area contributed by atoms with Crippen molar-refractivity contribution in [2.24, 2.45) is 0 Å². The molecule has 8 heteroatoms. The fourth-order valence-electron chi connectivity index (χ4n) is 2.55. The van der Waals surface area contributed by atoms with Crippen molar-refractivity contribution < 1.29 is 27.9 Å². The maximum Gasteiger partial charge on any atom is 0.408 e. The van der Waals surface area contributed by atoms with Gasteiger partial charge in [-0.2, -0.15) is 0 Å². The first-order valence-corrected chi connectivity index (χ1v) is 8.39. The van der Waals surface area contributed by atoms with Crippen LogP contribution in [-0.2, 0) is 25.1 Å². The molecule has 1 N–H and O–H groups in total. The van der Waals surface area contributed by atoms with Crippen LogP contribution in [0.1, 0.15) is 12.0 Å². The van der Waals surface area contributed by atoms with Crippen molar-refractivity contribution in [3.05, 3.63) is 35.9 Å². The molecule has 0 radical (unpaired) electrons. The highest BCUT2D eigenvalue weighted by atomic mass is 32.2. The lowest BCUT2D eigenvalue weighted by Gasteiger charge is -2.18. The fourth-order valence-corrected chi connectivity index (χ4v) is 4.31. The molecule has 0 aliphatic carbocycles. The summed E-state index contributed by atoms with van der Waals surface area (Å²) in [6.07, 6.45) is -1.40. The standard InChI is InChI=1S/C14H17NO6S/c1-21-13(16)12-7-11(8-15(12)14(17)18)22(19,20)9-10-5-3-2-4-6-10/h2-6,11-12H,7-9H2,1H3,(H,17,18). The summed E-state index contributed by atoms with van der Waals surface area (Å²) in [6.45, 7) is -0.218. The molecule has 1 amide bonds. The molecule has 1 heterocycles. The van der Waals surface area contributed by atoms with Gasteiger partial charge in [0.25, 0.3) is 0 Å². The number of hydrogen-bond acceptors (Lipinski definition) is 5. The van der Waals surface area contributed by atoms with Crippen LogP contribution in [0.5, 0.6) is 0 Å². The summed E-state index contributed by atoms with van der Waals surface area (Å²) in [4.78, 5) is 23.7. The average Bonchev–Trinajstić information content (AvgIpc) is 2.93. The Bertz CT molecular complexity index is 657. The summed E-state index contributed by atoms with van der Waals surface area (Å²) in [5, 5.41) is 8.22. The quantitative estimate of drug-likeness (QED) is 0.824. The van der Waals surface area contributed by atoms with E-state index in [4.69, 9.17) is 5.11 Å². The molecule has 120 valence electrons. The lowest BCUT2D eigenvalue weighted by molar-refractivity contribution is -0.145. The van der Waals surface area contributed by atoms with Crippen LogP contribution in [0.3, 0.4) is 0 Å². The smallest absolute Gasteiger partial charge is 0.408 e. The monoisotopic (exact) mass is 327 g/mol. The largest absolute Gasteiger partial charge is 0.467 e. The number of carbonyl (C=O) groups excluding carboxylic acids is 1. The number of hydrogen-bond donors (Lipinski definition) is 1. The number of sulfone groups is 1. The molecule has 0 bridgehead atoms. The average molecular weight is 327 g/mol. The molecule has 0 saturated carbocycles. The Morgan fingerprint density at radius 3 is 2.50 bits per heavy atom. The minimum Gasteiger partial charge on any atom is -0.467 e. The van der Waals surface area contributed by atoms with Gasteiger partial charge < -0.3 is 9.84 Å². The first-order valence-electron chi connectivity index (χ1n) is 6.68. The third-order valence-corrected chi connectivity index (χ3v) is 5.79. The molecule has 7 nitrogen and oxygen atoms in total. The maximum atomic E-state index is 12.5. The van der Waals surface area contributed by atoms with Crippen molar-refractivity contribution in [2.45, 2.75) is 23.5 Å². The molecule has 2 atom stereocenters. The highest BCUT2D eigenvalue weighted by molar-refractivity contribution is 7.91. The molecule has 1 aromatic rings. The van der Waals surface area contributed by atoms with Crippen LogP contribution in [-0.4, -0.2) is 55.4 Å². The van der Waals surface area contributed by atoms with Crippen LogP contribution in [0.4, 0.5) is 4.79 Å². The second-order valence-corrected chi connectivity index (χ2v) is 7.41. The predicted octanol–water partition coefficient (Wildman–Crippen LogP) is 0.895. The van der Waals surface area contributed by atoms with Crippen LogP contribution in [0.25, 0.3) is 0 Å². The number of carbonyl (C=O) groups is 2. The van der Waals surface area contributed by atoms with E-state index in [9.17, 15) is 18.0 Å². The Morgan fingerprint density at radius 2 is 1.95 bits per heavy atom. The number of benzene rings is 1. The minimum atomic E-state index is -3.57. The van der Waals surface area contributed by atoms with Gasteiger partial charge in [-0.3, -0.25) is 4.90 Å². The number of carboxylic acid groups (broad SMARTS) is 1. The number of nitrogens with zero attached hydrogens (tertiary/aromatic N) is 1. The SMILES string of the molecule is COC(=O)C1CC(S(=O)(=O)Cc2ccccc2)CN1C(=O)O. The van der Waals surface area contributed by atoms with Crippen molar-refractivity contribution in [2.75, 3.05) is 13.7 Å². The van der Waals surface area contributed by atoms with E-state index < -0.39 is 33.2 Å². The summed E-state index contributed by atoms with van der Waals surface area (Å²) < 4.78 is 29.5. The first kappa shape index (κ1) is 16.3. The zero-order valence-electron chi connectivity index (χ0n) is 12.0. The molecule has 1 saturated heterocycles. The Balaban J connectivity index is 2.18. The van der Waals surface area contributed by atoms with Gasteiger partial charge in [0.2, 0.25) is 0 Å². The predicted molar refractivity (Wildman–Crippen MR) is 78.0 cm³/mol. The first-order chi connectivity index (χ1) is 10.3. The molecule has 1 fully saturated rings. The number of likely N-dealkylation sites (tertiary alicyclic amines) is 1. The zero-order valence-corrected chi connectivity index (χ0v) is 12.8. The van der Waals surface area contributed by atoms with Gasteiger partial charge in [-0.25, -0.2) is 18.0 Å². The van der Waals surface area contributed by atoms with E-state index >= 15 is 0 Å². The maximum absolute atomic E-state index is 12.5. The third-order valence-electron chi connectivity index (χ3n) is 3.70. The van der Waals surface area contributed by atoms with Crippen LogP contribution in [0.2, 0.25) is 0 Å². The summed E-state index contributed by atoms with van der Waals surface area (Å²) in [5.74, 6) is -0.917. The lowest BCUT2D eigenvalue weighted by Crippen LogP contribution is -2.40. The van der Waals surface area contributed by atoms with Gasteiger partial charge in [0.05, 0.1) is 18.1 Å². The Labute approximate surface area is 128 Å². The van der Waals surface area contributed by atoms with Crippen LogP contribution >= 0.6 is 0 Å². The molecule has 2 rings (SSSR count). The van der Waals surface area contributed by atoms with Gasteiger partial charge in [0, 0.05) is 6.54 Å². The topological polar surface area (TPSA) is 101 Å². The number of esters is 1. The third kappa shape index (κ3) is 3.38. The van der Waals surface area contributed by atoms with Crippen LogP contribution in [0, 0.1) is 0 Å². The zero-order chi connectivity index (χ0) is 16.3. The van der Waals surface area contributed by atoms with E-state index in [2.05, 4.69) is 4.74 Å². The fraction of sp³-hybridized carbons (Fsp3) is 0.429. The van der Waals surface area contributed by atoms with Crippen molar-refractivity contribution in [3.63, 3.8) is 0 Å². The van der Waals surface area contributed by atoms with Crippen LogP contribution in [0.15, 0.2) is 30.3 Å². The molecule has 0 spiro atoms. The van der Waals surface area contributed by atoms with Gasteiger partial charge in [-0.1, -0.05) is 30.3 Å². The number of methoxy groups -OCH3 is 1. The number of rotatable bonds is 4. The van der Waals surface area contributed by atoms with Gasteiger partial charge in [-0.05, 0) is 12.0 Å². The van der Waals surface area contributed by atoms with Crippen molar-refractivity contribution in [3.8, 4) is 0 Å². The Morgan fingerprint density at radius 1 is 1.32 bits per heavy atom. The number of ether oxygens (including phenoxy) is 1. The molecular formula is C14H17NO6S. The summed E-state index contributed by atoms with van der Waals surface area (Å²) in [7, 11) is -2.42.